The third kappa shape index (κ3) is 4.66. The van der Waals surface area contributed by atoms with Gasteiger partial charge in [0, 0.05) is 31.8 Å². The van der Waals surface area contributed by atoms with E-state index in [2.05, 4.69) is 0 Å². The zero-order valence-electron chi connectivity index (χ0n) is 15.0. The van der Waals surface area contributed by atoms with Crippen molar-refractivity contribution in [3.05, 3.63) is 69.3 Å². The Morgan fingerprint density at radius 3 is 2.25 bits per heavy atom. The minimum atomic E-state index is -4.55. The maximum atomic E-state index is 13.1. The van der Waals surface area contributed by atoms with Crippen LogP contribution in [0, 0.1) is 17.0 Å². The summed E-state index contributed by atoms with van der Waals surface area (Å²) in [5.74, 6) is 0. The number of likely N-dealkylation sites (N-methyl/N-ethyl adjacent to an activating group) is 1. The van der Waals surface area contributed by atoms with Gasteiger partial charge in [0.05, 0.1) is 15.4 Å². The molecule has 11 heteroatoms. The fraction of sp³-hybridized carbons (Fsp3) is 0.294. The number of nitro groups is 1. The molecule has 0 bridgehead atoms. The number of hydrogen-bond acceptors (Lipinski definition) is 5. The molecule has 0 amide bonds. The topological polar surface area (TPSA) is 107 Å². The molecule has 2 aromatic carbocycles. The number of nitrogens with two attached hydrogens (primary N) is 1. The van der Waals surface area contributed by atoms with E-state index in [0.29, 0.717) is 0 Å². The van der Waals surface area contributed by atoms with E-state index in [1.165, 1.54) is 26.1 Å². The molecule has 2 N–H and O–H groups in total. The van der Waals surface area contributed by atoms with E-state index in [1.807, 2.05) is 0 Å². The summed E-state index contributed by atoms with van der Waals surface area (Å²) < 4.78 is 65.2. The molecule has 2 rings (SSSR count). The second-order valence-corrected chi connectivity index (χ2v) is 8.26. The summed E-state index contributed by atoms with van der Waals surface area (Å²) in [6.45, 7) is 1.04. The molecule has 1 atom stereocenters. The first-order chi connectivity index (χ1) is 12.8. The standard InChI is InChI=1S/C17H18F3N3O4S/c1-11-3-4-12(9-15(11)17(18,19)20)16(21)10-22(2)28(26,27)14-7-5-13(6-8-14)23(24)25/h3-9,16H,10,21H2,1-2H3. The predicted molar refractivity (Wildman–Crippen MR) is 96.0 cm³/mol. The summed E-state index contributed by atoms with van der Waals surface area (Å²) in [6.07, 6.45) is -4.55. The Kier molecular flexibility index (Phi) is 6.12. The van der Waals surface area contributed by atoms with Crippen molar-refractivity contribution in [2.45, 2.75) is 24.0 Å². The van der Waals surface area contributed by atoms with E-state index in [0.717, 1.165) is 34.6 Å². The average Bonchev–Trinajstić information content (AvgIpc) is 2.60. The fourth-order valence-electron chi connectivity index (χ4n) is 2.58. The van der Waals surface area contributed by atoms with E-state index < -0.39 is 32.7 Å². The minimum Gasteiger partial charge on any atom is -0.323 e. The molecule has 0 aliphatic rings. The monoisotopic (exact) mass is 417 g/mol. The van der Waals surface area contributed by atoms with E-state index in [9.17, 15) is 31.7 Å². The largest absolute Gasteiger partial charge is 0.416 e. The van der Waals surface area contributed by atoms with E-state index in [-0.39, 0.29) is 28.3 Å². The normalized spacial score (nSPS) is 13.5. The van der Waals surface area contributed by atoms with Crippen LogP contribution >= 0.6 is 0 Å². The van der Waals surface area contributed by atoms with Crippen molar-refractivity contribution >= 4 is 15.7 Å². The first kappa shape index (κ1) is 21.8. The van der Waals surface area contributed by atoms with Crippen LogP contribution in [0.1, 0.15) is 22.7 Å². The molecule has 0 aromatic heterocycles. The maximum Gasteiger partial charge on any atom is 0.416 e. The molecule has 1 unspecified atom stereocenters. The van der Waals surface area contributed by atoms with Crippen molar-refractivity contribution in [2.24, 2.45) is 5.73 Å². The van der Waals surface area contributed by atoms with E-state index in [1.54, 1.807) is 0 Å². The van der Waals surface area contributed by atoms with Crippen LogP contribution in [0.5, 0.6) is 0 Å². The van der Waals surface area contributed by atoms with Crippen molar-refractivity contribution in [3.63, 3.8) is 0 Å². The third-order valence-electron chi connectivity index (χ3n) is 4.20. The van der Waals surface area contributed by atoms with Crippen molar-refractivity contribution in [3.8, 4) is 0 Å². The molecular weight excluding hydrogens is 399 g/mol. The van der Waals surface area contributed by atoms with Gasteiger partial charge in [-0.3, -0.25) is 10.1 Å². The highest BCUT2D eigenvalue weighted by molar-refractivity contribution is 7.89. The first-order valence-corrected chi connectivity index (χ1v) is 9.42. The Morgan fingerprint density at radius 2 is 1.75 bits per heavy atom. The number of benzene rings is 2. The van der Waals surface area contributed by atoms with Gasteiger partial charge in [-0.25, -0.2) is 8.42 Å². The molecule has 0 spiro atoms. The Bertz CT molecular complexity index is 976. The van der Waals surface area contributed by atoms with Crippen molar-refractivity contribution in [1.82, 2.24) is 4.31 Å². The zero-order valence-corrected chi connectivity index (χ0v) is 15.8. The lowest BCUT2D eigenvalue weighted by molar-refractivity contribution is -0.384. The third-order valence-corrected chi connectivity index (χ3v) is 6.04. The van der Waals surface area contributed by atoms with Gasteiger partial charge < -0.3 is 5.73 Å². The van der Waals surface area contributed by atoms with Gasteiger partial charge in [-0.05, 0) is 36.2 Å². The van der Waals surface area contributed by atoms with Crippen LogP contribution in [-0.4, -0.2) is 31.2 Å². The van der Waals surface area contributed by atoms with Crippen molar-refractivity contribution in [2.75, 3.05) is 13.6 Å². The fourth-order valence-corrected chi connectivity index (χ4v) is 3.77. The van der Waals surface area contributed by atoms with Gasteiger partial charge in [0.1, 0.15) is 0 Å². The Labute approximate surface area is 159 Å². The van der Waals surface area contributed by atoms with Gasteiger partial charge >= 0.3 is 6.18 Å². The highest BCUT2D eigenvalue weighted by Crippen LogP contribution is 2.33. The maximum absolute atomic E-state index is 13.1. The van der Waals surface area contributed by atoms with Crippen molar-refractivity contribution in [1.29, 1.82) is 0 Å². The molecule has 2 aromatic rings. The Hall–Kier alpha value is -2.50. The van der Waals surface area contributed by atoms with Gasteiger partial charge in [-0.15, -0.1) is 0 Å². The zero-order chi connectivity index (χ0) is 21.3. The number of rotatable bonds is 6. The number of nitrogens with zero attached hydrogens (tertiary/aromatic N) is 2. The molecule has 152 valence electrons. The van der Waals surface area contributed by atoms with Gasteiger partial charge in [0.15, 0.2) is 0 Å². The summed E-state index contributed by atoms with van der Waals surface area (Å²) in [6, 6.07) is 6.88. The average molecular weight is 417 g/mol. The smallest absolute Gasteiger partial charge is 0.323 e. The Morgan fingerprint density at radius 1 is 1.18 bits per heavy atom. The second kappa shape index (κ2) is 7.86. The van der Waals surface area contributed by atoms with Crippen LogP contribution in [0.15, 0.2) is 47.4 Å². The first-order valence-electron chi connectivity index (χ1n) is 7.98. The SMILES string of the molecule is Cc1ccc(C(N)CN(C)S(=O)(=O)c2ccc([N+](=O)[O-])cc2)cc1C(F)(F)F. The molecule has 0 saturated heterocycles. The number of nitro benzene ring substituents is 1. The van der Waals surface area contributed by atoms with Crippen LogP contribution in [0.3, 0.4) is 0 Å². The number of hydrogen-bond donors (Lipinski definition) is 1. The molecule has 0 radical (unpaired) electrons. The molecule has 0 heterocycles. The predicted octanol–water partition coefficient (Wildman–Crippen LogP) is 3.24. The second-order valence-electron chi connectivity index (χ2n) is 6.22. The van der Waals surface area contributed by atoms with E-state index >= 15 is 0 Å². The Balaban J connectivity index is 2.23. The molecule has 0 aliphatic carbocycles. The van der Waals surface area contributed by atoms with Gasteiger partial charge in [-0.2, -0.15) is 17.5 Å². The molecule has 28 heavy (non-hydrogen) atoms. The number of alkyl halides is 3. The van der Waals surface area contributed by atoms with Crippen LogP contribution in [-0.2, 0) is 16.2 Å². The summed E-state index contributed by atoms with van der Waals surface area (Å²) >= 11 is 0. The summed E-state index contributed by atoms with van der Waals surface area (Å²) in [5.41, 5.74) is 5.02. The number of non-ortho nitro benzene ring substituents is 1. The summed E-state index contributed by atoms with van der Waals surface area (Å²) in [5, 5.41) is 10.7. The minimum absolute atomic E-state index is 0.0373. The van der Waals surface area contributed by atoms with Crippen LogP contribution in [0.2, 0.25) is 0 Å². The summed E-state index contributed by atoms with van der Waals surface area (Å²) in [7, 11) is -2.79. The van der Waals surface area contributed by atoms with Crippen LogP contribution in [0.25, 0.3) is 0 Å². The highest BCUT2D eigenvalue weighted by atomic mass is 32.2. The molecule has 0 saturated carbocycles. The molecule has 0 aliphatic heterocycles. The summed E-state index contributed by atoms with van der Waals surface area (Å²) in [4.78, 5) is 9.82. The molecular formula is C17H18F3N3O4S. The van der Waals surface area contributed by atoms with Gasteiger partial charge in [-0.1, -0.05) is 12.1 Å². The molecule has 0 fully saturated rings. The quantitative estimate of drug-likeness (QED) is 0.574. The lowest BCUT2D eigenvalue weighted by Crippen LogP contribution is -2.34. The highest BCUT2D eigenvalue weighted by Gasteiger charge is 2.33. The lowest BCUT2D eigenvalue weighted by atomic mass is 10.0. The van der Waals surface area contributed by atoms with Crippen LogP contribution < -0.4 is 5.73 Å². The molecule has 7 nitrogen and oxygen atoms in total. The number of sulfonamides is 1. The van der Waals surface area contributed by atoms with Crippen molar-refractivity contribution < 1.29 is 26.5 Å². The number of halogens is 3. The number of aryl methyl sites for hydroxylation is 1. The van der Waals surface area contributed by atoms with Gasteiger partial charge in [0.25, 0.3) is 5.69 Å². The lowest BCUT2D eigenvalue weighted by Gasteiger charge is -2.22. The van der Waals surface area contributed by atoms with Crippen LogP contribution in [0.4, 0.5) is 18.9 Å². The van der Waals surface area contributed by atoms with E-state index in [4.69, 9.17) is 5.73 Å². The van der Waals surface area contributed by atoms with Gasteiger partial charge in [0.2, 0.25) is 10.0 Å².